The number of carbonyl (C=O) groups excluding carboxylic acids is 2. The first-order chi connectivity index (χ1) is 14.9. The quantitative estimate of drug-likeness (QED) is 0.700. The number of aromatic amines is 1. The van der Waals surface area contributed by atoms with Crippen molar-refractivity contribution < 1.29 is 9.59 Å². The molecule has 164 valence electrons. The van der Waals surface area contributed by atoms with E-state index in [0.29, 0.717) is 11.6 Å². The Morgan fingerprint density at radius 1 is 1.16 bits per heavy atom. The van der Waals surface area contributed by atoms with Gasteiger partial charge in [0.25, 0.3) is 5.56 Å². The molecule has 1 saturated heterocycles. The second-order valence-electron chi connectivity index (χ2n) is 8.53. The lowest BCUT2D eigenvalue weighted by atomic mass is 9.92. The fourth-order valence-electron chi connectivity index (χ4n) is 4.60. The summed E-state index contributed by atoms with van der Waals surface area (Å²) >= 11 is 0. The van der Waals surface area contributed by atoms with Gasteiger partial charge in [-0.2, -0.15) is 4.98 Å². The zero-order chi connectivity index (χ0) is 22.1. The van der Waals surface area contributed by atoms with Crippen LogP contribution in [0.5, 0.6) is 0 Å². The van der Waals surface area contributed by atoms with E-state index < -0.39 is 5.92 Å². The molecular formula is C23H29N5O3. The summed E-state index contributed by atoms with van der Waals surface area (Å²) in [6.45, 7) is 6.27. The number of hydrogen-bond acceptors (Lipinski definition) is 5. The number of carbonyl (C=O) groups is 2. The van der Waals surface area contributed by atoms with Crippen LogP contribution in [0.25, 0.3) is 0 Å². The maximum absolute atomic E-state index is 13.0. The number of aromatic nitrogens is 2. The van der Waals surface area contributed by atoms with Gasteiger partial charge >= 0.3 is 0 Å². The fraction of sp³-hybridized carbons (Fsp3) is 0.478. The van der Waals surface area contributed by atoms with Crippen LogP contribution in [-0.2, 0) is 16.0 Å². The average molecular weight is 424 g/mol. The summed E-state index contributed by atoms with van der Waals surface area (Å²) in [5.74, 6) is -0.976. The average Bonchev–Trinajstić information content (AvgIpc) is 2.73. The second-order valence-corrected chi connectivity index (χ2v) is 8.53. The molecule has 1 aromatic heterocycles. The molecule has 3 N–H and O–H groups in total. The lowest BCUT2D eigenvalue weighted by Gasteiger charge is -2.39. The van der Waals surface area contributed by atoms with Crippen LogP contribution in [0.3, 0.4) is 0 Å². The number of nitrogens with one attached hydrogen (secondary N) is 3. The van der Waals surface area contributed by atoms with E-state index in [1.807, 2.05) is 24.3 Å². The molecule has 0 aliphatic carbocycles. The van der Waals surface area contributed by atoms with Gasteiger partial charge in [-0.25, -0.2) is 0 Å². The van der Waals surface area contributed by atoms with Gasteiger partial charge in [-0.1, -0.05) is 19.1 Å². The smallest absolute Gasteiger partial charge is 0.258 e. The standard InChI is InChI=1S/C23H29N5O3/c1-4-15-8-10-16(11-9-15)24-21(30)17-12-18(29)25-20-19(17)22(31)27-23(26-20)28-13(2)6-5-7-14(28)3/h8-11,13-14,17H,4-7,12H2,1-3H3,(H,24,30)(H2,25,26,27,29,31)/t13-,14-,17-/m0/s1. The SMILES string of the molecule is CCc1ccc(NC(=O)[C@H]2CC(=O)Nc3nc(N4[C@@H](C)CCC[C@@H]4C)[nH]c(=O)c32)cc1. The molecule has 2 aliphatic rings. The van der Waals surface area contributed by atoms with Crippen molar-refractivity contribution in [3.05, 3.63) is 45.7 Å². The number of benzene rings is 1. The van der Waals surface area contributed by atoms with Crippen LogP contribution in [-0.4, -0.2) is 33.9 Å². The van der Waals surface area contributed by atoms with Gasteiger partial charge < -0.3 is 15.5 Å². The van der Waals surface area contributed by atoms with Crippen molar-refractivity contribution in [2.24, 2.45) is 0 Å². The molecule has 1 fully saturated rings. The van der Waals surface area contributed by atoms with Crippen molar-refractivity contribution in [1.82, 2.24) is 9.97 Å². The number of piperidine rings is 1. The van der Waals surface area contributed by atoms with Crippen LogP contribution < -0.4 is 21.1 Å². The first kappa shape index (κ1) is 21.1. The summed E-state index contributed by atoms with van der Waals surface area (Å²) in [7, 11) is 0. The minimum absolute atomic E-state index is 0.0908. The van der Waals surface area contributed by atoms with E-state index in [0.717, 1.165) is 31.2 Å². The van der Waals surface area contributed by atoms with Crippen LogP contribution >= 0.6 is 0 Å². The summed E-state index contributed by atoms with van der Waals surface area (Å²) in [5, 5.41) is 5.53. The molecular weight excluding hydrogens is 394 g/mol. The van der Waals surface area contributed by atoms with Gasteiger partial charge in [0.2, 0.25) is 17.8 Å². The van der Waals surface area contributed by atoms with Crippen LogP contribution in [0, 0.1) is 0 Å². The van der Waals surface area contributed by atoms with Gasteiger partial charge in [0.15, 0.2) is 0 Å². The molecule has 2 aliphatic heterocycles. The highest BCUT2D eigenvalue weighted by molar-refractivity contribution is 6.04. The van der Waals surface area contributed by atoms with E-state index in [4.69, 9.17) is 0 Å². The lowest BCUT2D eigenvalue weighted by Crippen LogP contribution is -2.46. The number of aryl methyl sites for hydroxylation is 1. The molecule has 0 bridgehead atoms. The number of hydrogen-bond donors (Lipinski definition) is 3. The molecule has 3 atom stereocenters. The lowest BCUT2D eigenvalue weighted by molar-refractivity contribution is -0.123. The Morgan fingerprint density at radius 3 is 2.48 bits per heavy atom. The Morgan fingerprint density at radius 2 is 1.84 bits per heavy atom. The van der Waals surface area contributed by atoms with Crippen molar-refractivity contribution in [2.45, 2.75) is 70.9 Å². The van der Waals surface area contributed by atoms with Crippen molar-refractivity contribution in [3.8, 4) is 0 Å². The first-order valence-corrected chi connectivity index (χ1v) is 11.0. The van der Waals surface area contributed by atoms with E-state index >= 15 is 0 Å². The van der Waals surface area contributed by atoms with Gasteiger partial charge in [-0.15, -0.1) is 0 Å². The van der Waals surface area contributed by atoms with E-state index in [9.17, 15) is 14.4 Å². The van der Waals surface area contributed by atoms with E-state index in [1.165, 1.54) is 0 Å². The third-order valence-electron chi connectivity index (χ3n) is 6.32. The van der Waals surface area contributed by atoms with Crippen LogP contribution in [0.15, 0.2) is 29.1 Å². The van der Waals surface area contributed by atoms with E-state index in [1.54, 1.807) is 0 Å². The molecule has 0 radical (unpaired) electrons. The summed E-state index contributed by atoms with van der Waals surface area (Å²) in [6, 6.07) is 8.00. The molecule has 0 saturated carbocycles. The zero-order valence-corrected chi connectivity index (χ0v) is 18.2. The molecule has 2 aromatic rings. The highest BCUT2D eigenvalue weighted by Crippen LogP contribution is 2.32. The molecule has 31 heavy (non-hydrogen) atoms. The summed E-state index contributed by atoms with van der Waals surface area (Å²) in [5.41, 5.74) is 1.62. The number of amides is 2. The minimum Gasteiger partial charge on any atom is -0.337 e. The van der Waals surface area contributed by atoms with Gasteiger partial charge in [-0.05, 0) is 57.2 Å². The molecule has 0 unspecified atom stereocenters. The maximum atomic E-state index is 13.0. The highest BCUT2D eigenvalue weighted by Gasteiger charge is 2.36. The number of anilines is 3. The van der Waals surface area contributed by atoms with Crippen LogP contribution in [0.4, 0.5) is 17.5 Å². The Balaban J connectivity index is 1.65. The molecule has 2 amide bonds. The number of rotatable bonds is 4. The van der Waals surface area contributed by atoms with E-state index in [-0.39, 0.29) is 47.3 Å². The third-order valence-corrected chi connectivity index (χ3v) is 6.32. The first-order valence-electron chi connectivity index (χ1n) is 11.0. The summed E-state index contributed by atoms with van der Waals surface area (Å²) in [4.78, 5) is 47.9. The molecule has 4 rings (SSSR count). The second kappa shape index (κ2) is 8.53. The van der Waals surface area contributed by atoms with Gasteiger partial charge in [0, 0.05) is 24.2 Å². The summed E-state index contributed by atoms with van der Waals surface area (Å²) < 4.78 is 0. The Labute approximate surface area is 181 Å². The zero-order valence-electron chi connectivity index (χ0n) is 18.2. The Hall–Kier alpha value is -3.16. The Bertz CT molecular complexity index is 1040. The van der Waals surface area contributed by atoms with Crippen molar-refractivity contribution in [2.75, 3.05) is 15.5 Å². The predicted octanol–water partition coefficient (Wildman–Crippen LogP) is 3.16. The third kappa shape index (κ3) is 4.19. The molecule has 8 heteroatoms. The monoisotopic (exact) mass is 423 g/mol. The normalized spacial score (nSPS) is 23.1. The van der Waals surface area contributed by atoms with Crippen LogP contribution in [0.2, 0.25) is 0 Å². The van der Waals surface area contributed by atoms with Crippen molar-refractivity contribution in [3.63, 3.8) is 0 Å². The largest absolute Gasteiger partial charge is 0.337 e. The fourth-order valence-corrected chi connectivity index (χ4v) is 4.60. The molecule has 1 aromatic carbocycles. The van der Waals surface area contributed by atoms with Gasteiger partial charge in [-0.3, -0.25) is 19.4 Å². The predicted molar refractivity (Wildman–Crippen MR) is 121 cm³/mol. The number of fused-ring (bicyclic) bond motifs is 1. The van der Waals surface area contributed by atoms with E-state index in [2.05, 4.69) is 46.3 Å². The Kier molecular flexibility index (Phi) is 5.80. The highest BCUT2D eigenvalue weighted by atomic mass is 16.2. The van der Waals surface area contributed by atoms with Crippen molar-refractivity contribution in [1.29, 1.82) is 0 Å². The maximum Gasteiger partial charge on any atom is 0.258 e. The van der Waals surface area contributed by atoms with Crippen molar-refractivity contribution >= 4 is 29.3 Å². The van der Waals surface area contributed by atoms with Gasteiger partial charge in [0.05, 0.1) is 11.5 Å². The van der Waals surface area contributed by atoms with Crippen LogP contribution in [0.1, 0.15) is 63.5 Å². The van der Waals surface area contributed by atoms with Gasteiger partial charge in [0.1, 0.15) is 5.82 Å². The topological polar surface area (TPSA) is 107 Å². The number of H-pyrrole nitrogens is 1. The minimum atomic E-state index is -0.892. The molecule has 3 heterocycles. The molecule has 0 spiro atoms. The number of nitrogens with zero attached hydrogens (tertiary/aromatic N) is 2. The molecule has 8 nitrogen and oxygen atoms in total. The summed E-state index contributed by atoms with van der Waals surface area (Å²) in [6.07, 6.45) is 3.97.